The van der Waals surface area contributed by atoms with Crippen LogP contribution in [0.5, 0.6) is 5.75 Å². The Hall–Kier alpha value is -2.95. The van der Waals surface area contributed by atoms with E-state index in [2.05, 4.69) is 18.9 Å². The standard InChI is InChI=1S/C25H29FN2O2/c1-17(2)14-15-28-25(29)22(13-12-19-8-7-9-20(26)16-19)24(18(3)27-28)21-10-5-6-11-23(21)30-4/h5-11,16-17H,12-15H2,1-4H3. The quantitative estimate of drug-likeness (QED) is 0.515. The second-order valence-electron chi connectivity index (χ2n) is 7.98. The highest BCUT2D eigenvalue weighted by Crippen LogP contribution is 2.33. The summed E-state index contributed by atoms with van der Waals surface area (Å²) in [6.07, 6.45) is 1.95. The van der Waals surface area contributed by atoms with Gasteiger partial charge in [-0.1, -0.05) is 44.2 Å². The summed E-state index contributed by atoms with van der Waals surface area (Å²) < 4.78 is 20.8. The Bertz CT molecular complexity index is 1070. The predicted molar refractivity (Wildman–Crippen MR) is 118 cm³/mol. The van der Waals surface area contributed by atoms with E-state index < -0.39 is 0 Å². The molecule has 2 aromatic carbocycles. The number of aryl methyl sites for hydroxylation is 3. The number of benzene rings is 2. The third-order valence-corrected chi connectivity index (χ3v) is 5.27. The highest BCUT2D eigenvalue weighted by molar-refractivity contribution is 5.74. The van der Waals surface area contributed by atoms with Crippen molar-refractivity contribution < 1.29 is 9.13 Å². The lowest BCUT2D eigenvalue weighted by Crippen LogP contribution is -2.29. The molecule has 0 saturated carbocycles. The first kappa shape index (κ1) is 21.8. The van der Waals surface area contributed by atoms with Gasteiger partial charge in [-0.25, -0.2) is 9.07 Å². The van der Waals surface area contributed by atoms with Crippen molar-refractivity contribution in [1.29, 1.82) is 0 Å². The van der Waals surface area contributed by atoms with E-state index in [1.165, 1.54) is 12.1 Å². The topological polar surface area (TPSA) is 44.1 Å². The molecular formula is C25H29FN2O2. The maximum absolute atomic E-state index is 13.6. The monoisotopic (exact) mass is 408 g/mol. The first-order valence-corrected chi connectivity index (χ1v) is 10.4. The first-order chi connectivity index (χ1) is 14.4. The van der Waals surface area contributed by atoms with Crippen LogP contribution in [0.4, 0.5) is 4.39 Å². The molecule has 0 N–H and O–H groups in total. The Kier molecular flexibility index (Phi) is 7.03. The molecule has 4 nitrogen and oxygen atoms in total. The smallest absolute Gasteiger partial charge is 0.270 e. The molecule has 0 aliphatic heterocycles. The lowest BCUT2D eigenvalue weighted by Gasteiger charge is -2.18. The third kappa shape index (κ3) is 4.96. The van der Waals surface area contributed by atoms with Gasteiger partial charge in [-0.15, -0.1) is 0 Å². The van der Waals surface area contributed by atoms with E-state index in [1.807, 2.05) is 37.3 Å². The zero-order chi connectivity index (χ0) is 21.7. The van der Waals surface area contributed by atoms with Gasteiger partial charge in [0.05, 0.1) is 12.8 Å². The van der Waals surface area contributed by atoms with Gasteiger partial charge in [0.15, 0.2) is 0 Å². The Labute approximate surface area is 177 Å². The van der Waals surface area contributed by atoms with E-state index in [0.717, 1.165) is 28.8 Å². The maximum atomic E-state index is 13.6. The van der Waals surface area contributed by atoms with E-state index in [-0.39, 0.29) is 11.4 Å². The molecule has 0 aliphatic rings. The Morgan fingerprint density at radius 1 is 1.10 bits per heavy atom. The third-order valence-electron chi connectivity index (χ3n) is 5.27. The van der Waals surface area contributed by atoms with Crippen molar-refractivity contribution >= 4 is 0 Å². The Morgan fingerprint density at radius 2 is 1.87 bits per heavy atom. The molecule has 0 saturated heterocycles. The van der Waals surface area contributed by atoms with Crippen LogP contribution in [0.2, 0.25) is 0 Å². The van der Waals surface area contributed by atoms with E-state index in [9.17, 15) is 9.18 Å². The van der Waals surface area contributed by atoms with Gasteiger partial charge >= 0.3 is 0 Å². The molecule has 1 aromatic heterocycles. The first-order valence-electron chi connectivity index (χ1n) is 10.4. The molecule has 3 aromatic rings. The minimum Gasteiger partial charge on any atom is -0.496 e. The van der Waals surface area contributed by atoms with Crippen molar-refractivity contribution in [1.82, 2.24) is 9.78 Å². The average Bonchev–Trinajstić information content (AvgIpc) is 2.73. The van der Waals surface area contributed by atoms with E-state index in [1.54, 1.807) is 17.9 Å². The molecule has 0 bridgehead atoms. The minimum absolute atomic E-state index is 0.0847. The van der Waals surface area contributed by atoms with Gasteiger partial charge in [0.2, 0.25) is 0 Å². The van der Waals surface area contributed by atoms with Crippen LogP contribution in [0.3, 0.4) is 0 Å². The summed E-state index contributed by atoms with van der Waals surface area (Å²) in [5.41, 5.74) is 3.93. The number of para-hydroxylation sites is 1. The summed E-state index contributed by atoms with van der Waals surface area (Å²) in [5, 5.41) is 4.61. The summed E-state index contributed by atoms with van der Waals surface area (Å²) in [6.45, 7) is 6.77. The molecule has 30 heavy (non-hydrogen) atoms. The van der Waals surface area contributed by atoms with Gasteiger partial charge in [-0.3, -0.25) is 4.79 Å². The Balaban J connectivity index is 2.10. The maximum Gasteiger partial charge on any atom is 0.270 e. The molecule has 0 amide bonds. The molecular weight excluding hydrogens is 379 g/mol. The number of halogens is 1. The lowest BCUT2D eigenvalue weighted by molar-refractivity contribution is 0.416. The van der Waals surface area contributed by atoms with Crippen LogP contribution in [-0.4, -0.2) is 16.9 Å². The molecule has 1 heterocycles. The van der Waals surface area contributed by atoms with Crippen molar-refractivity contribution in [2.45, 2.75) is 46.6 Å². The molecule has 0 aliphatic carbocycles. The molecule has 158 valence electrons. The van der Waals surface area contributed by atoms with E-state index in [4.69, 9.17) is 4.74 Å². The summed E-state index contributed by atoms with van der Waals surface area (Å²) in [7, 11) is 1.62. The van der Waals surface area contributed by atoms with Gasteiger partial charge < -0.3 is 4.74 Å². The van der Waals surface area contributed by atoms with Gasteiger partial charge in [-0.05, 0) is 55.9 Å². The number of methoxy groups -OCH3 is 1. The molecule has 5 heteroatoms. The number of aromatic nitrogens is 2. The van der Waals surface area contributed by atoms with Crippen molar-refractivity contribution in [3.05, 3.63) is 81.5 Å². The average molecular weight is 409 g/mol. The van der Waals surface area contributed by atoms with Crippen molar-refractivity contribution in [2.75, 3.05) is 7.11 Å². The molecule has 3 rings (SSSR count). The lowest BCUT2D eigenvalue weighted by atomic mass is 9.94. The molecule has 0 spiro atoms. The van der Waals surface area contributed by atoms with Crippen LogP contribution in [0.25, 0.3) is 11.1 Å². The van der Waals surface area contributed by atoms with Crippen molar-refractivity contribution in [3.63, 3.8) is 0 Å². The van der Waals surface area contributed by atoms with E-state index in [0.29, 0.717) is 36.6 Å². The number of nitrogens with zero attached hydrogens (tertiary/aromatic N) is 2. The van der Waals surface area contributed by atoms with Gasteiger partial charge in [0.25, 0.3) is 5.56 Å². The van der Waals surface area contributed by atoms with Crippen molar-refractivity contribution in [3.8, 4) is 16.9 Å². The van der Waals surface area contributed by atoms with Crippen LogP contribution in [-0.2, 0) is 19.4 Å². The Morgan fingerprint density at radius 3 is 2.57 bits per heavy atom. The number of hydrogen-bond acceptors (Lipinski definition) is 3. The normalized spacial score (nSPS) is 11.1. The number of rotatable bonds is 8. The SMILES string of the molecule is COc1ccccc1-c1c(C)nn(CCC(C)C)c(=O)c1CCc1cccc(F)c1. The zero-order valence-corrected chi connectivity index (χ0v) is 18.1. The second kappa shape index (κ2) is 9.70. The summed E-state index contributed by atoms with van der Waals surface area (Å²) in [5.74, 6) is 0.912. The molecule has 0 radical (unpaired) electrons. The van der Waals surface area contributed by atoms with E-state index >= 15 is 0 Å². The van der Waals surface area contributed by atoms with Gasteiger partial charge in [-0.2, -0.15) is 5.10 Å². The fourth-order valence-electron chi connectivity index (χ4n) is 3.69. The molecule has 0 fully saturated rings. The van der Waals surface area contributed by atoms with Crippen molar-refractivity contribution in [2.24, 2.45) is 5.92 Å². The number of ether oxygens (including phenoxy) is 1. The summed E-state index contributed by atoms with van der Waals surface area (Å²) >= 11 is 0. The molecule has 0 unspecified atom stereocenters. The van der Waals surface area contributed by atoms with Crippen LogP contribution in [0, 0.1) is 18.7 Å². The van der Waals surface area contributed by atoms with Crippen LogP contribution in [0.15, 0.2) is 53.3 Å². The highest BCUT2D eigenvalue weighted by Gasteiger charge is 2.19. The van der Waals surface area contributed by atoms with Gasteiger partial charge in [0.1, 0.15) is 11.6 Å². The van der Waals surface area contributed by atoms with Crippen LogP contribution in [0.1, 0.15) is 37.1 Å². The van der Waals surface area contributed by atoms with Gasteiger partial charge in [0, 0.05) is 23.2 Å². The van der Waals surface area contributed by atoms with Crippen LogP contribution >= 0.6 is 0 Å². The second-order valence-corrected chi connectivity index (χ2v) is 7.98. The fourth-order valence-corrected chi connectivity index (χ4v) is 3.69. The fraction of sp³-hybridized carbons (Fsp3) is 0.360. The minimum atomic E-state index is -0.266. The number of hydrogen-bond donors (Lipinski definition) is 0. The largest absolute Gasteiger partial charge is 0.496 e. The summed E-state index contributed by atoms with van der Waals surface area (Å²) in [4.78, 5) is 13.4. The molecule has 0 atom stereocenters. The highest BCUT2D eigenvalue weighted by atomic mass is 19.1. The zero-order valence-electron chi connectivity index (χ0n) is 18.1. The van der Waals surface area contributed by atoms with Crippen LogP contribution < -0.4 is 10.3 Å². The summed E-state index contributed by atoms with van der Waals surface area (Å²) in [6, 6.07) is 14.2. The predicted octanol–water partition coefficient (Wildman–Crippen LogP) is 5.20.